The van der Waals surface area contributed by atoms with Crippen LogP contribution in [0.3, 0.4) is 0 Å². The van der Waals surface area contributed by atoms with Crippen molar-refractivity contribution in [1.82, 2.24) is 14.8 Å². The fraction of sp³-hybridized carbons (Fsp3) is 0.600. The summed E-state index contributed by atoms with van der Waals surface area (Å²) in [6.07, 6.45) is 1.66. The number of nitrogens with zero attached hydrogens (tertiary/aromatic N) is 3. The predicted molar refractivity (Wildman–Crippen MR) is 82.6 cm³/mol. The molecule has 1 fully saturated rings. The van der Waals surface area contributed by atoms with E-state index in [2.05, 4.69) is 15.2 Å². The SMILES string of the molecule is CCNc1cc(C)ncc1C(=O)N1CCN(CCO)CC1. The second kappa shape index (κ2) is 7.38. The number of aryl methyl sites for hydroxylation is 1. The van der Waals surface area contributed by atoms with Crippen molar-refractivity contribution >= 4 is 11.6 Å². The molecule has 0 bridgehead atoms. The van der Waals surface area contributed by atoms with Gasteiger partial charge in [-0.15, -0.1) is 0 Å². The van der Waals surface area contributed by atoms with E-state index in [9.17, 15) is 4.79 Å². The zero-order valence-corrected chi connectivity index (χ0v) is 12.8. The molecule has 6 heteroatoms. The van der Waals surface area contributed by atoms with E-state index in [1.54, 1.807) is 6.20 Å². The fourth-order valence-electron chi connectivity index (χ4n) is 2.55. The van der Waals surface area contributed by atoms with Gasteiger partial charge in [0.1, 0.15) is 0 Å². The number of β-amino-alcohol motifs (C(OH)–C–C–N with tert-alkyl or cyclic N) is 1. The number of nitrogens with one attached hydrogen (secondary N) is 1. The van der Waals surface area contributed by atoms with Crippen LogP contribution < -0.4 is 5.32 Å². The minimum atomic E-state index is 0.0297. The summed E-state index contributed by atoms with van der Waals surface area (Å²) >= 11 is 0. The first kappa shape index (κ1) is 15.7. The van der Waals surface area contributed by atoms with Crippen LogP contribution in [0.15, 0.2) is 12.3 Å². The van der Waals surface area contributed by atoms with E-state index < -0.39 is 0 Å². The lowest BCUT2D eigenvalue weighted by molar-refractivity contribution is 0.0615. The number of piperazine rings is 1. The van der Waals surface area contributed by atoms with Crippen LogP contribution >= 0.6 is 0 Å². The van der Waals surface area contributed by atoms with Crippen molar-refractivity contribution in [2.45, 2.75) is 13.8 Å². The van der Waals surface area contributed by atoms with Gasteiger partial charge in [-0.2, -0.15) is 0 Å². The van der Waals surface area contributed by atoms with Crippen molar-refractivity contribution in [2.24, 2.45) is 0 Å². The first-order chi connectivity index (χ1) is 10.2. The molecule has 2 heterocycles. The quantitative estimate of drug-likeness (QED) is 0.830. The summed E-state index contributed by atoms with van der Waals surface area (Å²) in [5.74, 6) is 0.0297. The second-order valence-corrected chi connectivity index (χ2v) is 5.26. The number of amides is 1. The van der Waals surface area contributed by atoms with Gasteiger partial charge in [0, 0.05) is 51.2 Å². The van der Waals surface area contributed by atoms with Gasteiger partial charge >= 0.3 is 0 Å². The lowest BCUT2D eigenvalue weighted by Crippen LogP contribution is -2.49. The van der Waals surface area contributed by atoms with Crippen molar-refractivity contribution in [3.63, 3.8) is 0 Å². The molecule has 116 valence electrons. The van der Waals surface area contributed by atoms with E-state index in [0.29, 0.717) is 25.2 Å². The molecular formula is C15H24N4O2. The Hall–Kier alpha value is -1.66. The zero-order chi connectivity index (χ0) is 15.2. The third-order valence-corrected chi connectivity index (χ3v) is 3.71. The molecule has 21 heavy (non-hydrogen) atoms. The van der Waals surface area contributed by atoms with Gasteiger partial charge in [-0.1, -0.05) is 0 Å². The predicted octanol–water partition coefficient (Wildman–Crippen LogP) is 0.572. The molecule has 1 saturated heterocycles. The van der Waals surface area contributed by atoms with Crippen LogP contribution in [0.1, 0.15) is 23.0 Å². The van der Waals surface area contributed by atoms with Crippen LogP contribution in [0, 0.1) is 6.92 Å². The number of hydrogen-bond donors (Lipinski definition) is 2. The highest BCUT2D eigenvalue weighted by Gasteiger charge is 2.23. The Morgan fingerprint density at radius 3 is 2.71 bits per heavy atom. The number of hydrogen-bond acceptors (Lipinski definition) is 5. The summed E-state index contributed by atoms with van der Waals surface area (Å²) in [6.45, 7) is 8.55. The molecule has 2 rings (SSSR count). The molecule has 6 nitrogen and oxygen atoms in total. The Kier molecular flexibility index (Phi) is 5.52. The fourth-order valence-corrected chi connectivity index (χ4v) is 2.55. The van der Waals surface area contributed by atoms with Gasteiger partial charge < -0.3 is 15.3 Å². The van der Waals surface area contributed by atoms with Gasteiger partial charge in [0.05, 0.1) is 17.9 Å². The van der Waals surface area contributed by atoms with E-state index in [1.165, 1.54) is 0 Å². The molecule has 0 saturated carbocycles. The highest BCUT2D eigenvalue weighted by atomic mass is 16.3. The van der Waals surface area contributed by atoms with Crippen LogP contribution in [-0.2, 0) is 0 Å². The molecule has 2 N–H and O–H groups in total. The van der Waals surface area contributed by atoms with Crippen LogP contribution in [0.25, 0.3) is 0 Å². The minimum Gasteiger partial charge on any atom is -0.395 e. The summed E-state index contributed by atoms with van der Waals surface area (Å²) in [7, 11) is 0. The zero-order valence-electron chi connectivity index (χ0n) is 12.8. The maximum Gasteiger partial charge on any atom is 0.257 e. The number of aromatic nitrogens is 1. The van der Waals surface area contributed by atoms with Gasteiger partial charge in [-0.3, -0.25) is 14.7 Å². The summed E-state index contributed by atoms with van der Waals surface area (Å²) in [5.41, 5.74) is 2.39. The average Bonchev–Trinajstić information content (AvgIpc) is 2.48. The maximum absolute atomic E-state index is 12.6. The van der Waals surface area contributed by atoms with Gasteiger partial charge in [-0.05, 0) is 19.9 Å². The molecule has 0 aliphatic carbocycles. The third kappa shape index (κ3) is 3.92. The maximum atomic E-state index is 12.6. The van der Waals surface area contributed by atoms with Crippen LogP contribution in [0.2, 0.25) is 0 Å². The Morgan fingerprint density at radius 2 is 2.10 bits per heavy atom. The lowest BCUT2D eigenvalue weighted by atomic mass is 10.1. The first-order valence-electron chi connectivity index (χ1n) is 7.48. The van der Waals surface area contributed by atoms with Gasteiger partial charge in [0.25, 0.3) is 5.91 Å². The summed E-state index contributed by atoms with van der Waals surface area (Å²) in [4.78, 5) is 20.9. The first-order valence-corrected chi connectivity index (χ1v) is 7.48. The largest absolute Gasteiger partial charge is 0.395 e. The van der Waals surface area contributed by atoms with Crippen LogP contribution in [0.4, 0.5) is 5.69 Å². The molecule has 0 unspecified atom stereocenters. The highest BCUT2D eigenvalue weighted by molar-refractivity contribution is 5.99. The number of carbonyl (C=O) groups is 1. The third-order valence-electron chi connectivity index (χ3n) is 3.71. The van der Waals surface area contributed by atoms with Crippen molar-refractivity contribution in [3.8, 4) is 0 Å². The standard InChI is InChI=1S/C15H24N4O2/c1-3-16-14-10-12(2)17-11-13(14)15(21)19-6-4-18(5-7-19)8-9-20/h10-11,20H,3-9H2,1-2H3,(H,16,17). The van der Waals surface area contributed by atoms with E-state index in [4.69, 9.17) is 5.11 Å². The summed E-state index contributed by atoms with van der Waals surface area (Å²) < 4.78 is 0. The summed E-state index contributed by atoms with van der Waals surface area (Å²) in [6, 6.07) is 1.92. The molecule has 0 aromatic carbocycles. The molecular weight excluding hydrogens is 268 g/mol. The van der Waals surface area contributed by atoms with E-state index in [0.717, 1.165) is 31.0 Å². The summed E-state index contributed by atoms with van der Waals surface area (Å²) in [5, 5.41) is 12.2. The second-order valence-electron chi connectivity index (χ2n) is 5.26. The minimum absolute atomic E-state index is 0.0297. The van der Waals surface area contributed by atoms with Gasteiger partial charge in [-0.25, -0.2) is 0 Å². The van der Waals surface area contributed by atoms with E-state index in [1.807, 2.05) is 24.8 Å². The van der Waals surface area contributed by atoms with Crippen molar-refractivity contribution in [1.29, 1.82) is 0 Å². The molecule has 0 radical (unpaired) electrons. The molecule has 0 spiro atoms. The van der Waals surface area contributed by atoms with Gasteiger partial charge in [0.2, 0.25) is 0 Å². The number of pyridine rings is 1. The monoisotopic (exact) mass is 292 g/mol. The molecule has 1 aliphatic heterocycles. The van der Waals surface area contributed by atoms with Crippen molar-refractivity contribution in [3.05, 3.63) is 23.5 Å². The van der Waals surface area contributed by atoms with Crippen molar-refractivity contribution < 1.29 is 9.90 Å². The number of rotatable bonds is 5. The normalized spacial score (nSPS) is 16.0. The molecule has 1 aromatic rings. The van der Waals surface area contributed by atoms with Crippen LogP contribution in [-0.4, -0.2) is 71.7 Å². The Bertz CT molecular complexity index is 485. The Morgan fingerprint density at radius 1 is 1.38 bits per heavy atom. The number of aliphatic hydroxyl groups excluding tert-OH is 1. The lowest BCUT2D eigenvalue weighted by Gasteiger charge is -2.34. The molecule has 1 aromatic heterocycles. The number of anilines is 1. The average molecular weight is 292 g/mol. The highest BCUT2D eigenvalue weighted by Crippen LogP contribution is 2.18. The molecule has 1 amide bonds. The smallest absolute Gasteiger partial charge is 0.257 e. The number of carbonyl (C=O) groups excluding carboxylic acids is 1. The van der Waals surface area contributed by atoms with E-state index in [-0.39, 0.29) is 12.5 Å². The Balaban J connectivity index is 2.07. The van der Waals surface area contributed by atoms with E-state index >= 15 is 0 Å². The topological polar surface area (TPSA) is 68.7 Å². The number of aliphatic hydroxyl groups is 1. The Labute approximate surface area is 125 Å². The molecule has 1 aliphatic rings. The van der Waals surface area contributed by atoms with Crippen LogP contribution in [0.5, 0.6) is 0 Å². The molecule has 0 atom stereocenters. The van der Waals surface area contributed by atoms with Crippen molar-refractivity contribution in [2.75, 3.05) is 51.2 Å². The van der Waals surface area contributed by atoms with Gasteiger partial charge in [0.15, 0.2) is 0 Å².